The van der Waals surface area contributed by atoms with Crippen LogP contribution in [-0.2, 0) is 6.54 Å². The molecule has 4 heteroatoms. The third-order valence-corrected chi connectivity index (χ3v) is 4.69. The first-order valence-electron chi connectivity index (χ1n) is 7.96. The van der Waals surface area contributed by atoms with Crippen molar-refractivity contribution < 1.29 is 4.42 Å². The molecule has 0 radical (unpaired) electrons. The molecule has 1 saturated carbocycles. The molecule has 4 nitrogen and oxygen atoms in total. The van der Waals surface area contributed by atoms with Crippen molar-refractivity contribution in [3.05, 3.63) is 29.7 Å². The molecule has 0 saturated heterocycles. The van der Waals surface area contributed by atoms with Gasteiger partial charge in [0.05, 0.1) is 6.20 Å². The van der Waals surface area contributed by atoms with E-state index in [-0.39, 0.29) is 0 Å². The zero-order valence-corrected chi connectivity index (χ0v) is 13.1. The molecule has 3 rings (SSSR count). The Labute approximate surface area is 126 Å². The van der Waals surface area contributed by atoms with E-state index in [1.165, 1.54) is 24.8 Å². The van der Waals surface area contributed by atoms with Crippen molar-refractivity contribution in [3.63, 3.8) is 0 Å². The van der Waals surface area contributed by atoms with Gasteiger partial charge >= 0.3 is 0 Å². The van der Waals surface area contributed by atoms with E-state index in [0.717, 1.165) is 35.6 Å². The summed E-state index contributed by atoms with van der Waals surface area (Å²) >= 11 is 0. The smallest absolute Gasteiger partial charge is 0.152 e. The van der Waals surface area contributed by atoms with Gasteiger partial charge in [-0.15, -0.1) is 0 Å². The quantitative estimate of drug-likeness (QED) is 0.897. The predicted octanol–water partition coefficient (Wildman–Crippen LogP) is 3.89. The number of nitrogens with one attached hydrogen (secondary N) is 2. The minimum atomic E-state index is 0.613. The lowest BCUT2D eigenvalue weighted by Crippen LogP contribution is -2.38. The van der Waals surface area contributed by atoms with E-state index in [2.05, 4.69) is 29.4 Å². The summed E-state index contributed by atoms with van der Waals surface area (Å²) in [7, 11) is 0. The topological polar surface area (TPSA) is 53.9 Å². The second kappa shape index (κ2) is 6.06. The number of H-pyrrole nitrogens is 1. The molecule has 0 amide bonds. The molecule has 2 heterocycles. The van der Waals surface area contributed by atoms with Crippen LogP contribution in [0.5, 0.6) is 0 Å². The lowest BCUT2D eigenvalue weighted by molar-refractivity contribution is 0.227. The Morgan fingerprint density at radius 2 is 2.19 bits per heavy atom. The maximum Gasteiger partial charge on any atom is 0.152 e. The van der Waals surface area contributed by atoms with E-state index in [0.29, 0.717) is 6.04 Å². The second-order valence-corrected chi connectivity index (χ2v) is 6.56. The lowest BCUT2D eigenvalue weighted by atomic mass is 9.80. The van der Waals surface area contributed by atoms with Crippen molar-refractivity contribution in [2.45, 2.75) is 52.6 Å². The van der Waals surface area contributed by atoms with Gasteiger partial charge in [0.2, 0.25) is 0 Å². The molecule has 0 aliphatic heterocycles. The number of aromatic nitrogens is 2. The van der Waals surface area contributed by atoms with E-state index in [1.807, 2.05) is 25.3 Å². The number of rotatable bonds is 4. The first-order chi connectivity index (χ1) is 10.1. The van der Waals surface area contributed by atoms with Crippen molar-refractivity contribution >= 4 is 0 Å². The summed E-state index contributed by atoms with van der Waals surface area (Å²) in [5, 5.41) is 10.9. The van der Waals surface area contributed by atoms with Gasteiger partial charge in [0.15, 0.2) is 5.76 Å². The van der Waals surface area contributed by atoms with E-state index >= 15 is 0 Å². The van der Waals surface area contributed by atoms with Gasteiger partial charge in [-0.3, -0.25) is 5.10 Å². The number of aryl methyl sites for hydroxylation is 1. The van der Waals surface area contributed by atoms with Crippen LogP contribution in [-0.4, -0.2) is 16.2 Å². The summed E-state index contributed by atoms with van der Waals surface area (Å²) in [6, 6.07) is 4.59. The zero-order chi connectivity index (χ0) is 14.8. The predicted molar refractivity (Wildman–Crippen MR) is 83.8 cm³/mol. The molecule has 2 N–H and O–H groups in total. The average molecular weight is 287 g/mol. The van der Waals surface area contributed by atoms with Gasteiger partial charge in [-0.2, -0.15) is 5.10 Å². The molecule has 3 unspecified atom stereocenters. The van der Waals surface area contributed by atoms with E-state index < -0.39 is 0 Å². The number of nitrogens with zero attached hydrogens (tertiary/aromatic N) is 1. The van der Waals surface area contributed by atoms with Crippen LogP contribution >= 0.6 is 0 Å². The summed E-state index contributed by atoms with van der Waals surface area (Å²) < 4.78 is 5.70. The maximum atomic E-state index is 5.70. The Morgan fingerprint density at radius 3 is 2.90 bits per heavy atom. The number of hydrogen-bond donors (Lipinski definition) is 2. The molecule has 3 atom stereocenters. The van der Waals surface area contributed by atoms with Gasteiger partial charge < -0.3 is 9.73 Å². The molecule has 2 aromatic rings. The molecule has 0 aromatic carbocycles. The van der Waals surface area contributed by atoms with Crippen LogP contribution < -0.4 is 5.32 Å². The zero-order valence-electron chi connectivity index (χ0n) is 13.1. The van der Waals surface area contributed by atoms with E-state index in [1.54, 1.807) is 0 Å². The van der Waals surface area contributed by atoms with Crippen LogP contribution in [0.25, 0.3) is 11.5 Å². The maximum absolute atomic E-state index is 5.70. The summed E-state index contributed by atoms with van der Waals surface area (Å²) in [4.78, 5) is 0. The molecule has 1 aliphatic rings. The molecule has 0 spiro atoms. The van der Waals surface area contributed by atoms with Gasteiger partial charge in [-0.25, -0.2) is 0 Å². The fraction of sp³-hybridized carbons (Fsp3) is 0.588. The van der Waals surface area contributed by atoms with Gasteiger partial charge in [0.1, 0.15) is 11.5 Å². The number of furan rings is 1. The van der Waals surface area contributed by atoms with Crippen molar-refractivity contribution in [3.8, 4) is 11.5 Å². The number of aromatic amines is 1. The molecule has 114 valence electrons. The monoisotopic (exact) mass is 287 g/mol. The number of hydrogen-bond acceptors (Lipinski definition) is 3. The minimum Gasteiger partial charge on any atom is -0.460 e. The third kappa shape index (κ3) is 3.21. The summed E-state index contributed by atoms with van der Waals surface area (Å²) in [6.45, 7) is 7.53. The molecular weight excluding hydrogens is 262 g/mol. The van der Waals surface area contributed by atoms with Crippen LogP contribution in [0.1, 0.15) is 44.4 Å². The van der Waals surface area contributed by atoms with Crippen LogP contribution in [0, 0.1) is 18.8 Å². The Bertz CT molecular complexity index is 586. The van der Waals surface area contributed by atoms with Crippen molar-refractivity contribution in [2.24, 2.45) is 11.8 Å². The third-order valence-electron chi connectivity index (χ3n) is 4.69. The summed E-state index contributed by atoms with van der Waals surface area (Å²) in [5.74, 6) is 3.41. The van der Waals surface area contributed by atoms with Crippen molar-refractivity contribution in [2.75, 3.05) is 0 Å². The molecule has 1 fully saturated rings. The first kappa shape index (κ1) is 14.4. The Morgan fingerprint density at radius 1 is 1.33 bits per heavy atom. The van der Waals surface area contributed by atoms with Crippen LogP contribution in [0.4, 0.5) is 0 Å². The summed E-state index contributed by atoms with van der Waals surface area (Å²) in [6.07, 6.45) is 5.83. The molecule has 21 heavy (non-hydrogen) atoms. The van der Waals surface area contributed by atoms with Crippen molar-refractivity contribution in [1.82, 2.24) is 15.5 Å². The van der Waals surface area contributed by atoms with E-state index in [9.17, 15) is 0 Å². The lowest BCUT2D eigenvalue weighted by Gasteiger charge is -2.33. The van der Waals surface area contributed by atoms with Gasteiger partial charge in [0, 0.05) is 18.2 Å². The first-order valence-corrected chi connectivity index (χ1v) is 7.96. The largest absolute Gasteiger partial charge is 0.460 e. The molecular formula is C17H25N3O. The van der Waals surface area contributed by atoms with Crippen molar-refractivity contribution in [1.29, 1.82) is 0 Å². The standard InChI is InChI=1S/C17H25N3O/c1-11-4-6-15(12(2)8-11)18-9-14-10-19-20-17(14)16-7-5-13(3)21-16/h5,7,10-12,15,18H,4,6,8-9H2,1-3H3,(H,19,20). The van der Waals surface area contributed by atoms with E-state index in [4.69, 9.17) is 4.42 Å². The highest BCUT2D eigenvalue weighted by atomic mass is 16.3. The molecule has 1 aliphatic carbocycles. The van der Waals surface area contributed by atoms with Gasteiger partial charge in [-0.1, -0.05) is 13.8 Å². The Hall–Kier alpha value is -1.55. The van der Waals surface area contributed by atoms with Crippen LogP contribution in [0.15, 0.2) is 22.7 Å². The normalized spacial score (nSPS) is 26.1. The van der Waals surface area contributed by atoms with Gasteiger partial charge in [-0.05, 0) is 50.2 Å². The fourth-order valence-corrected chi connectivity index (χ4v) is 3.44. The average Bonchev–Trinajstić information content (AvgIpc) is 3.06. The SMILES string of the molecule is Cc1ccc(-c2[nH]ncc2CNC2CCC(C)CC2C)o1. The molecule has 2 aromatic heterocycles. The van der Waals surface area contributed by atoms with Crippen LogP contribution in [0.2, 0.25) is 0 Å². The van der Waals surface area contributed by atoms with Crippen LogP contribution in [0.3, 0.4) is 0 Å². The highest BCUT2D eigenvalue weighted by Crippen LogP contribution is 2.29. The highest BCUT2D eigenvalue weighted by Gasteiger charge is 2.25. The molecule has 0 bridgehead atoms. The fourth-order valence-electron chi connectivity index (χ4n) is 3.44. The Kier molecular flexibility index (Phi) is 4.15. The minimum absolute atomic E-state index is 0.613. The summed E-state index contributed by atoms with van der Waals surface area (Å²) in [5.41, 5.74) is 2.17. The van der Waals surface area contributed by atoms with Gasteiger partial charge in [0.25, 0.3) is 0 Å². The Balaban J connectivity index is 1.65. The highest BCUT2D eigenvalue weighted by molar-refractivity contribution is 5.56. The second-order valence-electron chi connectivity index (χ2n) is 6.56.